The molecule has 0 aromatic heterocycles. The summed E-state index contributed by atoms with van der Waals surface area (Å²) in [6, 6.07) is 13.0. The lowest BCUT2D eigenvalue weighted by Crippen LogP contribution is -2.40. The fraction of sp³-hybridized carbons (Fsp3) is 0.286. The maximum Gasteiger partial charge on any atom is 0.315 e. The number of methoxy groups -OCH3 is 1. The summed E-state index contributed by atoms with van der Waals surface area (Å²) in [4.78, 5) is 23.1. The third-order valence-electron chi connectivity index (χ3n) is 4.95. The van der Waals surface area contributed by atoms with Crippen LogP contribution in [0.15, 0.2) is 53.9 Å². The number of carbonyl (C=O) groups excluding carboxylic acids is 1. The van der Waals surface area contributed by atoms with Crippen molar-refractivity contribution in [1.29, 1.82) is 0 Å². The number of rotatable bonds is 7. The van der Waals surface area contributed by atoms with E-state index in [1.54, 1.807) is 12.1 Å². The van der Waals surface area contributed by atoms with Gasteiger partial charge in [-0.05, 0) is 36.6 Å². The lowest BCUT2D eigenvalue weighted by molar-refractivity contribution is -0.385. The molecule has 2 aromatic carbocycles. The van der Waals surface area contributed by atoms with Gasteiger partial charge in [0, 0.05) is 18.5 Å². The van der Waals surface area contributed by atoms with Gasteiger partial charge in [-0.2, -0.15) is 4.31 Å². The van der Waals surface area contributed by atoms with Gasteiger partial charge in [-0.25, -0.2) is 8.42 Å². The molecule has 0 aliphatic carbocycles. The molecule has 0 atom stereocenters. The molecule has 0 unspecified atom stereocenters. The fourth-order valence-corrected chi connectivity index (χ4v) is 4.43. The van der Waals surface area contributed by atoms with Crippen LogP contribution in [0.25, 0.3) is 6.08 Å². The Morgan fingerprint density at radius 2 is 1.84 bits per heavy atom. The first kappa shape index (κ1) is 22.4. The summed E-state index contributed by atoms with van der Waals surface area (Å²) in [6.45, 7) is 0.317. The second-order valence-electron chi connectivity index (χ2n) is 6.94. The van der Waals surface area contributed by atoms with Crippen molar-refractivity contribution in [3.05, 3.63) is 69.6 Å². The standard InChI is InChI=1S/C21H22N2O7S/c1-29-18-7-8-20(19(15-18)23(25)26)30-21(24)17-9-12-22(13-10-17)31(27,28)14-11-16-5-3-2-4-6-16/h2-8,11,14-15,17H,9-10,12-13H2,1H3/b14-11+. The molecule has 1 aliphatic heterocycles. The van der Waals surface area contributed by atoms with Gasteiger partial charge in [0.05, 0.1) is 24.0 Å². The first-order valence-corrected chi connectivity index (χ1v) is 11.1. The lowest BCUT2D eigenvalue weighted by atomic mass is 9.98. The fourth-order valence-electron chi connectivity index (χ4n) is 3.21. The number of carbonyl (C=O) groups is 1. The first-order chi connectivity index (χ1) is 14.8. The molecule has 0 saturated carbocycles. The Labute approximate surface area is 180 Å². The van der Waals surface area contributed by atoms with Crippen LogP contribution in [0.3, 0.4) is 0 Å². The monoisotopic (exact) mass is 446 g/mol. The molecule has 31 heavy (non-hydrogen) atoms. The number of piperidine rings is 1. The molecule has 3 rings (SSSR count). The van der Waals surface area contributed by atoms with Gasteiger partial charge in [-0.3, -0.25) is 14.9 Å². The van der Waals surface area contributed by atoms with E-state index in [-0.39, 0.29) is 43.1 Å². The SMILES string of the molecule is COc1ccc(OC(=O)C2CCN(S(=O)(=O)/C=C/c3ccccc3)CC2)c([N+](=O)[O-])c1. The van der Waals surface area contributed by atoms with Crippen molar-refractivity contribution in [3.8, 4) is 11.5 Å². The van der Waals surface area contributed by atoms with Crippen LogP contribution in [-0.2, 0) is 14.8 Å². The molecule has 0 radical (unpaired) electrons. The normalized spacial score (nSPS) is 15.6. The number of benzene rings is 2. The van der Waals surface area contributed by atoms with Crippen LogP contribution >= 0.6 is 0 Å². The molecule has 1 aliphatic rings. The quantitative estimate of drug-likeness (QED) is 0.277. The highest BCUT2D eigenvalue weighted by atomic mass is 32.2. The van der Waals surface area contributed by atoms with E-state index in [4.69, 9.17) is 9.47 Å². The molecule has 0 amide bonds. The van der Waals surface area contributed by atoms with Gasteiger partial charge in [0.25, 0.3) is 0 Å². The third-order valence-corrected chi connectivity index (χ3v) is 6.52. The van der Waals surface area contributed by atoms with E-state index in [2.05, 4.69) is 0 Å². The zero-order chi connectivity index (χ0) is 22.4. The van der Waals surface area contributed by atoms with E-state index < -0.39 is 26.8 Å². The summed E-state index contributed by atoms with van der Waals surface area (Å²) in [5.74, 6) is -1.07. The van der Waals surface area contributed by atoms with Gasteiger partial charge in [0.15, 0.2) is 0 Å². The summed E-state index contributed by atoms with van der Waals surface area (Å²) in [5, 5.41) is 12.4. The zero-order valence-electron chi connectivity index (χ0n) is 16.8. The molecule has 0 spiro atoms. The average molecular weight is 446 g/mol. The minimum atomic E-state index is -3.62. The molecule has 10 heteroatoms. The van der Waals surface area contributed by atoms with Crippen molar-refractivity contribution >= 4 is 27.8 Å². The first-order valence-electron chi connectivity index (χ1n) is 9.57. The number of hydrogen-bond donors (Lipinski definition) is 0. The van der Waals surface area contributed by atoms with Gasteiger partial charge in [0.1, 0.15) is 5.75 Å². The van der Waals surface area contributed by atoms with Crippen LogP contribution in [0.1, 0.15) is 18.4 Å². The maximum atomic E-state index is 12.5. The summed E-state index contributed by atoms with van der Waals surface area (Å²) in [6.07, 6.45) is 2.06. The van der Waals surface area contributed by atoms with Gasteiger partial charge in [-0.1, -0.05) is 30.3 Å². The zero-order valence-corrected chi connectivity index (χ0v) is 17.7. The number of sulfonamides is 1. The molecular weight excluding hydrogens is 424 g/mol. The molecule has 1 fully saturated rings. The molecule has 2 aromatic rings. The molecule has 0 bridgehead atoms. The Balaban J connectivity index is 1.61. The van der Waals surface area contributed by atoms with Crippen molar-refractivity contribution in [2.75, 3.05) is 20.2 Å². The van der Waals surface area contributed by atoms with Crippen molar-refractivity contribution in [2.24, 2.45) is 5.92 Å². The van der Waals surface area contributed by atoms with Crippen LogP contribution in [0.2, 0.25) is 0 Å². The van der Waals surface area contributed by atoms with E-state index >= 15 is 0 Å². The van der Waals surface area contributed by atoms with Crippen molar-refractivity contribution in [1.82, 2.24) is 4.31 Å². The largest absolute Gasteiger partial charge is 0.496 e. The molecule has 0 N–H and O–H groups in total. The van der Waals surface area contributed by atoms with E-state index in [0.717, 1.165) is 11.0 Å². The number of nitrogens with zero attached hydrogens (tertiary/aromatic N) is 2. The predicted octanol–water partition coefficient (Wildman–Crippen LogP) is 3.22. The van der Waals surface area contributed by atoms with Crippen LogP contribution in [-0.4, -0.2) is 43.8 Å². The lowest BCUT2D eigenvalue weighted by Gasteiger charge is -2.29. The van der Waals surface area contributed by atoms with Gasteiger partial charge in [-0.15, -0.1) is 0 Å². The topological polar surface area (TPSA) is 116 Å². The number of ether oxygens (including phenoxy) is 2. The smallest absolute Gasteiger partial charge is 0.315 e. The third kappa shape index (κ3) is 5.68. The number of esters is 1. The van der Waals surface area contributed by atoms with Crippen LogP contribution in [0.5, 0.6) is 11.5 Å². The molecule has 1 saturated heterocycles. The highest BCUT2D eigenvalue weighted by Gasteiger charge is 2.32. The summed E-state index contributed by atoms with van der Waals surface area (Å²) in [5.41, 5.74) is 0.393. The van der Waals surface area contributed by atoms with E-state index in [0.29, 0.717) is 0 Å². The predicted molar refractivity (Wildman–Crippen MR) is 114 cm³/mol. The van der Waals surface area contributed by atoms with E-state index in [9.17, 15) is 23.3 Å². The number of nitro benzene ring substituents is 1. The summed E-state index contributed by atoms with van der Waals surface area (Å²) < 4.78 is 36.6. The van der Waals surface area contributed by atoms with E-state index in [1.807, 2.05) is 18.2 Å². The van der Waals surface area contributed by atoms with Crippen molar-refractivity contribution in [2.45, 2.75) is 12.8 Å². The molecule has 1 heterocycles. The second-order valence-corrected chi connectivity index (χ2v) is 8.76. The van der Waals surface area contributed by atoms with E-state index in [1.165, 1.54) is 35.7 Å². The van der Waals surface area contributed by atoms with Gasteiger partial charge >= 0.3 is 11.7 Å². The van der Waals surface area contributed by atoms with Crippen molar-refractivity contribution in [3.63, 3.8) is 0 Å². The Morgan fingerprint density at radius 3 is 2.45 bits per heavy atom. The van der Waals surface area contributed by atoms with Crippen LogP contribution in [0.4, 0.5) is 5.69 Å². The van der Waals surface area contributed by atoms with Gasteiger partial charge in [0.2, 0.25) is 15.8 Å². The van der Waals surface area contributed by atoms with Crippen molar-refractivity contribution < 1.29 is 27.6 Å². The minimum Gasteiger partial charge on any atom is -0.496 e. The van der Waals surface area contributed by atoms with Crippen LogP contribution in [0, 0.1) is 16.0 Å². The highest BCUT2D eigenvalue weighted by molar-refractivity contribution is 7.92. The average Bonchev–Trinajstić information content (AvgIpc) is 2.78. The van der Waals surface area contributed by atoms with Gasteiger partial charge < -0.3 is 9.47 Å². The maximum absolute atomic E-state index is 12.5. The summed E-state index contributed by atoms with van der Waals surface area (Å²) in [7, 11) is -2.24. The molecular formula is C21H22N2O7S. The Kier molecular flexibility index (Phi) is 7.03. The number of hydrogen-bond acceptors (Lipinski definition) is 7. The minimum absolute atomic E-state index is 0.159. The number of nitro groups is 1. The molecule has 164 valence electrons. The Bertz CT molecular complexity index is 1080. The highest BCUT2D eigenvalue weighted by Crippen LogP contribution is 2.32. The van der Waals surface area contributed by atoms with Crippen LogP contribution < -0.4 is 9.47 Å². The molecule has 9 nitrogen and oxygen atoms in total. The summed E-state index contributed by atoms with van der Waals surface area (Å²) >= 11 is 0. The Morgan fingerprint density at radius 1 is 1.16 bits per heavy atom. The second kappa shape index (κ2) is 9.71. The Hall–Kier alpha value is -3.24.